The molecule has 1 aliphatic heterocycles. The van der Waals surface area contributed by atoms with Crippen LogP contribution < -0.4 is 28.4 Å². The maximum atomic E-state index is 11.9. The predicted octanol–water partition coefficient (Wildman–Crippen LogP) is -3.37. The summed E-state index contributed by atoms with van der Waals surface area (Å²) in [6.45, 7) is 6.75. The summed E-state index contributed by atoms with van der Waals surface area (Å²) in [6, 6.07) is 2.14. The van der Waals surface area contributed by atoms with Crippen molar-refractivity contribution in [3.8, 4) is 6.07 Å². The number of amides is 1. The maximum absolute atomic E-state index is 11.9. The lowest BCUT2D eigenvalue weighted by Gasteiger charge is -2.43. The van der Waals surface area contributed by atoms with E-state index in [9.17, 15) is 10.1 Å². The number of halogens is 1. The standard InChI is InChI=1S/C14H22N4O.ClH/c1-13(2,3)9-4-6-14(7-5-9)10(8-15)11(19)17-12(16)18-14;/h9-10H,4-7H2,1-3H3,(H3,16,17,18,19);1H. The van der Waals surface area contributed by atoms with E-state index in [1.807, 2.05) is 0 Å². The largest absolute Gasteiger partial charge is 1.00 e. The summed E-state index contributed by atoms with van der Waals surface area (Å²) in [7, 11) is 0. The van der Waals surface area contributed by atoms with Gasteiger partial charge >= 0.3 is 11.9 Å². The van der Waals surface area contributed by atoms with Crippen LogP contribution in [0, 0.1) is 28.6 Å². The summed E-state index contributed by atoms with van der Waals surface area (Å²) < 4.78 is 0. The van der Waals surface area contributed by atoms with Crippen molar-refractivity contribution in [1.29, 1.82) is 5.26 Å². The van der Waals surface area contributed by atoms with E-state index in [1.165, 1.54) is 0 Å². The molecule has 1 amide bonds. The van der Waals surface area contributed by atoms with E-state index in [4.69, 9.17) is 5.73 Å². The number of hydrogen-bond acceptors (Lipinski definition) is 3. The van der Waals surface area contributed by atoms with E-state index in [0.717, 1.165) is 25.7 Å². The molecule has 1 aliphatic carbocycles. The molecule has 5 nitrogen and oxygen atoms in total. The highest BCUT2D eigenvalue weighted by Crippen LogP contribution is 2.42. The summed E-state index contributed by atoms with van der Waals surface area (Å²) in [6.07, 6.45) is 3.69. The molecule has 1 atom stereocenters. The Bertz CT molecular complexity index is 453. The van der Waals surface area contributed by atoms with E-state index < -0.39 is 11.5 Å². The smallest absolute Gasteiger partial charge is 0.348 e. The van der Waals surface area contributed by atoms with Gasteiger partial charge in [-0.25, -0.2) is 5.32 Å². The number of nitrogens with zero attached hydrogens (tertiary/aromatic N) is 1. The molecule has 0 bridgehead atoms. The second-order valence-corrected chi connectivity index (χ2v) is 6.89. The zero-order valence-corrected chi connectivity index (χ0v) is 13.0. The molecular formula is C14H23ClN4O. The van der Waals surface area contributed by atoms with Crippen LogP contribution in [0.25, 0.3) is 0 Å². The molecule has 4 N–H and O–H groups in total. The molecular weight excluding hydrogens is 276 g/mol. The van der Waals surface area contributed by atoms with Crippen molar-refractivity contribution in [1.82, 2.24) is 5.32 Å². The van der Waals surface area contributed by atoms with Crippen molar-refractivity contribution >= 4 is 11.9 Å². The molecule has 0 aromatic rings. The van der Waals surface area contributed by atoms with E-state index in [2.05, 4.69) is 37.1 Å². The van der Waals surface area contributed by atoms with E-state index in [-0.39, 0.29) is 29.7 Å². The van der Waals surface area contributed by atoms with Gasteiger partial charge in [0.1, 0.15) is 5.54 Å². The topological polar surface area (TPSA) is 92.9 Å². The zero-order chi connectivity index (χ0) is 14.3. The molecule has 6 heteroatoms. The first-order valence-electron chi connectivity index (χ1n) is 6.89. The van der Waals surface area contributed by atoms with Crippen LogP contribution in [0.2, 0.25) is 0 Å². The highest BCUT2D eigenvalue weighted by atomic mass is 35.5. The molecule has 1 spiro atoms. The lowest BCUT2D eigenvalue weighted by Crippen LogP contribution is -3.00. The average molecular weight is 299 g/mol. The highest BCUT2D eigenvalue weighted by molar-refractivity contribution is 5.97. The lowest BCUT2D eigenvalue weighted by molar-refractivity contribution is -0.572. The summed E-state index contributed by atoms with van der Waals surface area (Å²) >= 11 is 0. The first-order chi connectivity index (χ1) is 8.78. The second-order valence-electron chi connectivity index (χ2n) is 6.89. The van der Waals surface area contributed by atoms with Crippen molar-refractivity contribution in [2.75, 3.05) is 0 Å². The Balaban J connectivity index is 0.00000200. The van der Waals surface area contributed by atoms with Crippen LogP contribution in [0.15, 0.2) is 0 Å². The quantitative estimate of drug-likeness (QED) is 0.436. The summed E-state index contributed by atoms with van der Waals surface area (Å²) in [4.78, 5) is 15.1. The third-order valence-corrected chi connectivity index (χ3v) is 4.69. The number of nitrogens with two attached hydrogens (primary N) is 1. The third kappa shape index (κ3) is 2.90. The van der Waals surface area contributed by atoms with Crippen molar-refractivity contribution in [3.05, 3.63) is 0 Å². The summed E-state index contributed by atoms with van der Waals surface area (Å²) in [5.74, 6) is -0.00938. The molecule has 112 valence electrons. The highest BCUT2D eigenvalue weighted by Gasteiger charge is 2.51. The van der Waals surface area contributed by atoms with Crippen LogP contribution >= 0.6 is 0 Å². The molecule has 2 aliphatic rings. The number of carbonyl (C=O) groups is 1. The number of carbonyl (C=O) groups excluding carboxylic acids is 1. The van der Waals surface area contributed by atoms with Gasteiger partial charge in [0.05, 0.1) is 6.07 Å². The van der Waals surface area contributed by atoms with Gasteiger partial charge in [-0.1, -0.05) is 20.8 Å². The van der Waals surface area contributed by atoms with Crippen molar-refractivity contribution in [2.45, 2.75) is 52.0 Å². The Hall–Kier alpha value is -1.28. The molecule has 1 fully saturated rings. The summed E-state index contributed by atoms with van der Waals surface area (Å²) in [5.41, 5.74) is 5.54. The number of nitriles is 1. The van der Waals surface area contributed by atoms with E-state index in [0.29, 0.717) is 5.92 Å². The predicted molar refractivity (Wildman–Crippen MR) is 71.5 cm³/mol. The second kappa shape index (κ2) is 5.61. The molecule has 1 saturated carbocycles. The fourth-order valence-corrected chi connectivity index (χ4v) is 3.42. The molecule has 1 unspecified atom stereocenters. The van der Waals surface area contributed by atoms with Crippen LogP contribution in [0.4, 0.5) is 0 Å². The van der Waals surface area contributed by atoms with Crippen molar-refractivity contribution in [2.24, 2.45) is 23.0 Å². The van der Waals surface area contributed by atoms with Crippen LogP contribution in [0.5, 0.6) is 0 Å². The fourth-order valence-electron chi connectivity index (χ4n) is 3.42. The van der Waals surface area contributed by atoms with Gasteiger partial charge in [0, 0.05) is 0 Å². The molecule has 0 radical (unpaired) electrons. The van der Waals surface area contributed by atoms with Gasteiger partial charge in [0.15, 0.2) is 5.92 Å². The van der Waals surface area contributed by atoms with Gasteiger partial charge < -0.3 is 12.4 Å². The van der Waals surface area contributed by atoms with Gasteiger partial charge in [-0.3, -0.25) is 15.5 Å². The fraction of sp³-hybridized carbons (Fsp3) is 0.786. The van der Waals surface area contributed by atoms with Crippen LogP contribution in [-0.2, 0) is 4.79 Å². The summed E-state index contributed by atoms with van der Waals surface area (Å²) in [5, 5.41) is 11.8. The number of guanidine groups is 1. The van der Waals surface area contributed by atoms with Gasteiger partial charge in [0.25, 0.3) is 0 Å². The Kier molecular flexibility index (Phi) is 4.70. The minimum Gasteiger partial charge on any atom is -1.00 e. The molecule has 0 aromatic heterocycles. The van der Waals surface area contributed by atoms with Gasteiger partial charge in [0.2, 0.25) is 0 Å². The van der Waals surface area contributed by atoms with E-state index in [1.54, 1.807) is 0 Å². The maximum Gasteiger partial charge on any atom is 0.348 e. The Morgan fingerprint density at radius 2 is 1.95 bits per heavy atom. The first kappa shape index (κ1) is 16.8. The number of hydrogen-bond donors (Lipinski definition) is 3. The average Bonchev–Trinajstić information content (AvgIpc) is 2.27. The molecule has 1 heterocycles. The van der Waals surface area contributed by atoms with Gasteiger partial charge in [-0.05, 0) is 37.0 Å². The SMILES string of the molecule is CC(C)(C)C1CCC2(CC1)[NH+]=C(N)NC(=O)C2C#N.[Cl-]. The number of nitrogens with one attached hydrogen (secondary N) is 2. The third-order valence-electron chi connectivity index (χ3n) is 4.69. The molecule has 0 saturated heterocycles. The molecule has 20 heavy (non-hydrogen) atoms. The Labute approximate surface area is 126 Å². The van der Waals surface area contributed by atoms with Gasteiger partial charge in [-0.2, -0.15) is 5.26 Å². The normalized spacial score (nSPS) is 33.7. The van der Waals surface area contributed by atoms with Crippen LogP contribution in [0.3, 0.4) is 0 Å². The Morgan fingerprint density at radius 3 is 2.40 bits per heavy atom. The van der Waals surface area contributed by atoms with Crippen molar-refractivity contribution < 1.29 is 22.2 Å². The van der Waals surface area contributed by atoms with Crippen LogP contribution in [0.1, 0.15) is 46.5 Å². The minimum atomic E-state index is -0.652. The molecule has 2 rings (SSSR count). The minimum absolute atomic E-state index is 0. The van der Waals surface area contributed by atoms with E-state index >= 15 is 0 Å². The zero-order valence-electron chi connectivity index (χ0n) is 12.3. The number of rotatable bonds is 0. The van der Waals surface area contributed by atoms with Crippen LogP contribution in [-0.4, -0.2) is 17.4 Å². The Morgan fingerprint density at radius 1 is 1.40 bits per heavy atom. The van der Waals surface area contributed by atoms with Crippen molar-refractivity contribution in [3.63, 3.8) is 0 Å². The lowest BCUT2D eigenvalue weighted by atomic mass is 9.64. The molecule has 0 aromatic carbocycles. The monoisotopic (exact) mass is 298 g/mol. The first-order valence-corrected chi connectivity index (χ1v) is 6.89. The van der Waals surface area contributed by atoms with Gasteiger partial charge in [-0.15, -0.1) is 0 Å².